The first kappa shape index (κ1) is 64.3. The van der Waals surface area contributed by atoms with Gasteiger partial charge in [-0.05, 0) is 150 Å². The van der Waals surface area contributed by atoms with Crippen molar-refractivity contribution in [2.24, 2.45) is 71.0 Å². The van der Waals surface area contributed by atoms with Gasteiger partial charge in [-0.3, -0.25) is 0 Å². The van der Waals surface area contributed by atoms with Gasteiger partial charge in [0, 0.05) is 45.6 Å². The molecule has 0 aliphatic carbocycles. The number of hydrogen-bond donors (Lipinski definition) is 2. The molecule has 4 unspecified atom stereocenters. The monoisotopic (exact) mass is 1080 g/mol. The quantitative estimate of drug-likeness (QED) is 0.0634. The van der Waals surface area contributed by atoms with E-state index in [4.69, 9.17) is 0 Å². The first-order chi connectivity index (χ1) is 37.5. The standard InChI is InChI=1S/C78H112O2/c1-43(2)67(44(3)4)55-25-33-59(34-26-55)71(51(17)18)63-41-65(73(53(21)22)61-37-29-57(30-38-61)69(47(9)10)48(11)12)78(80)76-64(72(52(19)20)60-35-27-56(28-36-60)68(45(5)6)46(7)8)42-66(77(79)75(63)76)74(54(23)24)62-39-31-58(32-40-62)70(49(13)14)50(15)16/h25-54,67-74,79-80H,1-24H3. The Morgan fingerprint density at radius 2 is 0.350 bits per heavy atom. The van der Waals surface area contributed by atoms with Gasteiger partial charge in [0.1, 0.15) is 11.5 Å². The lowest BCUT2D eigenvalue weighted by Gasteiger charge is -2.34. The minimum Gasteiger partial charge on any atom is -0.507 e. The minimum atomic E-state index is -0.116. The summed E-state index contributed by atoms with van der Waals surface area (Å²) in [6.45, 7) is 56.2. The van der Waals surface area contributed by atoms with Crippen LogP contribution in [0.3, 0.4) is 0 Å². The average Bonchev–Trinajstić information content (AvgIpc) is 3.56. The minimum absolute atomic E-state index is 0.0916. The van der Waals surface area contributed by atoms with Gasteiger partial charge >= 0.3 is 0 Å². The smallest absolute Gasteiger partial charge is 0.127 e. The van der Waals surface area contributed by atoms with Gasteiger partial charge in [0.05, 0.1) is 0 Å². The number of hydrogen-bond acceptors (Lipinski definition) is 2. The molecule has 436 valence electrons. The van der Waals surface area contributed by atoms with E-state index in [0.29, 0.717) is 82.5 Å². The molecule has 0 saturated heterocycles. The Morgan fingerprint density at radius 3 is 0.500 bits per heavy atom. The van der Waals surface area contributed by atoms with Gasteiger partial charge in [-0.1, -0.05) is 275 Å². The molecule has 0 heterocycles. The van der Waals surface area contributed by atoms with Crippen molar-refractivity contribution in [1.29, 1.82) is 0 Å². The first-order valence-corrected chi connectivity index (χ1v) is 32.0. The van der Waals surface area contributed by atoms with E-state index in [9.17, 15) is 10.2 Å². The van der Waals surface area contributed by atoms with Crippen LogP contribution in [0.4, 0.5) is 0 Å². The third-order valence-corrected chi connectivity index (χ3v) is 18.9. The van der Waals surface area contributed by atoms with Crippen LogP contribution in [0.5, 0.6) is 11.5 Å². The van der Waals surface area contributed by atoms with E-state index in [1.54, 1.807) is 0 Å². The average molecular weight is 1080 g/mol. The molecule has 2 N–H and O–H groups in total. The number of aromatic hydroxyl groups is 2. The topological polar surface area (TPSA) is 40.5 Å². The fourth-order valence-corrected chi connectivity index (χ4v) is 16.2. The van der Waals surface area contributed by atoms with Crippen LogP contribution in [0.25, 0.3) is 10.8 Å². The van der Waals surface area contributed by atoms with Crippen LogP contribution in [0.1, 0.15) is 280 Å². The van der Waals surface area contributed by atoms with Gasteiger partial charge < -0.3 is 10.2 Å². The second-order valence-corrected chi connectivity index (χ2v) is 29.2. The molecular formula is C78H112O2. The fourth-order valence-electron chi connectivity index (χ4n) is 16.2. The van der Waals surface area contributed by atoms with Crippen molar-refractivity contribution in [2.45, 2.75) is 214 Å². The van der Waals surface area contributed by atoms with Crippen molar-refractivity contribution in [3.8, 4) is 11.5 Å². The van der Waals surface area contributed by atoms with Crippen LogP contribution in [-0.4, -0.2) is 10.2 Å². The summed E-state index contributed by atoms with van der Waals surface area (Å²) in [5.41, 5.74) is 14.4. The Balaban J connectivity index is 1.82. The second-order valence-electron chi connectivity index (χ2n) is 29.2. The summed E-state index contributed by atoms with van der Waals surface area (Å²) in [6, 6.07) is 42.7. The lowest BCUT2D eigenvalue weighted by atomic mass is 9.70. The fraction of sp³-hybridized carbons (Fsp3) is 0.564. The van der Waals surface area contributed by atoms with Gasteiger partial charge in [-0.25, -0.2) is 0 Å². The highest BCUT2D eigenvalue weighted by atomic mass is 16.3. The van der Waals surface area contributed by atoms with Crippen LogP contribution in [0.2, 0.25) is 0 Å². The van der Waals surface area contributed by atoms with Crippen molar-refractivity contribution in [3.63, 3.8) is 0 Å². The summed E-state index contributed by atoms with van der Waals surface area (Å²) < 4.78 is 0. The highest BCUT2D eigenvalue weighted by Crippen LogP contribution is 2.55. The summed E-state index contributed by atoms with van der Waals surface area (Å²) in [5.74, 6) is 6.69. The molecule has 0 radical (unpaired) electrons. The number of benzene rings is 6. The van der Waals surface area contributed by atoms with Gasteiger partial charge in [-0.15, -0.1) is 0 Å². The maximum atomic E-state index is 13.9. The highest BCUT2D eigenvalue weighted by Gasteiger charge is 2.36. The maximum Gasteiger partial charge on any atom is 0.127 e. The van der Waals surface area contributed by atoms with Gasteiger partial charge in [0.15, 0.2) is 0 Å². The number of phenolic OH excluding ortho intramolecular Hbond substituents is 2. The predicted octanol–water partition coefficient (Wildman–Crippen LogP) is 23.0. The Labute approximate surface area is 490 Å². The zero-order chi connectivity index (χ0) is 59.5. The van der Waals surface area contributed by atoms with E-state index in [1.165, 1.54) is 44.5 Å². The third-order valence-electron chi connectivity index (χ3n) is 18.9. The molecule has 6 aromatic rings. The molecule has 0 saturated carbocycles. The Kier molecular flexibility index (Phi) is 21.8. The molecule has 2 nitrogen and oxygen atoms in total. The molecule has 2 heteroatoms. The van der Waals surface area contributed by atoms with Crippen molar-refractivity contribution >= 4 is 10.8 Å². The molecule has 0 fully saturated rings. The van der Waals surface area contributed by atoms with Crippen molar-refractivity contribution in [3.05, 3.63) is 176 Å². The zero-order valence-corrected chi connectivity index (χ0v) is 54.8. The van der Waals surface area contributed by atoms with E-state index < -0.39 is 0 Å². The van der Waals surface area contributed by atoms with Gasteiger partial charge in [-0.2, -0.15) is 0 Å². The molecule has 0 bridgehead atoms. The summed E-state index contributed by atoms with van der Waals surface area (Å²) in [7, 11) is 0. The van der Waals surface area contributed by atoms with E-state index in [2.05, 4.69) is 275 Å². The third kappa shape index (κ3) is 13.6. The van der Waals surface area contributed by atoms with Crippen LogP contribution in [-0.2, 0) is 0 Å². The Morgan fingerprint density at radius 1 is 0.200 bits per heavy atom. The van der Waals surface area contributed by atoms with Gasteiger partial charge in [0.2, 0.25) is 0 Å². The van der Waals surface area contributed by atoms with E-state index >= 15 is 0 Å². The second kappa shape index (κ2) is 27.1. The molecule has 0 spiro atoms. The van der Waals surface area contributed by atoms with E-state index in [-0.39, 0.29) is 47.3 Å². The normalized spacial score (nSPS) is 14.4. The molecular weight excluding hydrogens is 969 g/mol. The summed E-state index contributed by atoms with van der Waals surface area (Å²) in [5, 5.41) is 29.3. The van der Waals surface area contributed by atoms with Crippen molar-refractivity contribution < 1.29 is 10.2 Å². The van der Waals surface area contributed by atoms with Crippen LogP contribution in [0.15, 0.2) is 109 Å². The summed E-state index contributed by atoms with van der Waals surface area (Å²) in [4.78, 5) is 0. The van der Waals surface area contributed by atoms with E-state index in [1.807, 2.05) is 0 Å². The molecule has 80 heavy (non-hydrogen) atoms. The van der Waals surface area contributed by atoms with Crippen molar-refractivity contribution in [2.75, 3.05) is 0 Å². The SMILES string of the molecule is CC(C)C(c1ccc(C(C(C)C)C(C)C)cc1)c1cc(C(c2ccc(C(C(C)C)C(C)C)cc2)C(C)C)c2c(O)c(C(c3ccc(C(C(C)C)C(C)C)cc3)C(C)C)cc(C(c3ccc(C(C(C)C)C(C)C)cc3)C(C)C)c2c1O. The molecule has 6 aromatic carbocycles. The Hall–Kier alpha value is -4.82. The van der Waals surface area contributed by atoms with Crippen molar-refractivity contribution in [1.82, 2.24) is 0 Å². The summed E-state index contributed by atoms with van der Waals surface area (Å²) in [6.07, 6.45) is 0. The first-order valence-electron chi connectivity index (χ1n) is 32.0. The Bertz CT molecular complexity index is 2650. The highest BCUT2D eigenvalue weighted by molar-refractivity contribution is 6.01. The molecule has 6 rings (SSSR count). The summed E-state index contributed by atoms with van der Waals surface area (Å²) >= 11 is 0. The van der Waals surface area contributed by atoms with Crippen LogP contribution < -0.4 is 0 Å². The van der Waals surface area contributed by atoms with E-state index in [0.717, 1.165) is 33.0 Å². The predicted molar refractivity (Wildman–Crippen MR) is 349 cm³/mol. The molecule has 4 atom stereocenters. The lowest BCUT2D eigenvalue weighted by molar-refractivity contribution is 0.387. The number of rotatable bonds is 24. The lowest BCUT2D eigenvalue weighted by Crippen LogP contribution is -2.18. The van der Waals surface area contributed by atoms with Crippen LogP contribution >= 0.6 is 0 Å². The van der Waals surface area contributed by atoms with Crippen LogP contribution in [0, 0.1) is 71.0 Å². The molecule has 0 aromatic heterocycles. The molecule has 0 aliphatic rings. The number of fused-ring (bicyclic) bond motifs is 1. The maximum absolute atomic E-state index is 13.9. The largest absolute Gasteiger partial charge is 0.507 e. The molecule has 0 aliphatic heterocycles. The zero-order valence-electron chi connectivity index (χ0n) is 54.8. The molecule has 0 amide bonds. The van der Waals surface area contributed by atoms with Gasteiger partial charge in [0.25, 0.3) is 0 Å². The number of phenols is 2.